The Balaban J connectivity index is 1.91. The largest absolute Gasteiger partial charge is 0.383 e. The molecule has 9 heteroatoms. The monoisotopic (exact) mass is 414 g/mol. The molecule has 0 spiro atoms. The standard InChI is InChI=1S/C18H30N4O3S2/c1-18(8-5-11-26-18)14-21-17(19-2)20-13-15-6-4-7-16(12-15)27(23,24)22-9-10-25-3/h4,6-7,12,22H,5,8-11,13-14H2,1-3H3,(H2,19,20,21). The average molecular weight is 415 g/mol. The van der Waals surface area contributed by atoms with Crippen LogP contribution in [0.4, 0.5) is 0 Å². The third-order valence-electron chi connectivity index (χ3n) is 4.42. The van der Waals surface area contributed by atoms with Crippen LogP contribution in [-0.4, -0.2) is 58.7 Å². The van der Waals surface area contributed by atoms with Crippen LogP contribution in [0.2, 0.25) is 0 Å². The number of hydrogen-bond acceptors (Lipinski definition) is 5. The fourth-order valence-electron chi connectivity index (χ4n) is 2.84. The average Bonchev–Trinajstić information content (AvgIpc) is 3.09. The number of ether oxygens (including phenoxy) is 1. The summed E-state index contributed by atoms with van der Waals surface area (Å²) in [5, 5.41) is 6.63. The molecule has 1 saturated heterocycles. The molecule has 0 bridgehead atoms. The number of nitrogens with one attached hydrogen (secondary N) is 3. The predicted octanol–water partition coefficient (Wildman–Crippen LogP) is 1.56. The molecule has 0 amide bonds. The van der Waals surface area contributed by atoms with E-state index in [2.05, 4.69) is 27.3 Å². The zero-order chi connectivity index (χ0) is 19.8. The maximum Gasteiger partial charge on any atom is 0.240 e. The van der Waals surface area contributed by atoms with E-state index in [1.165, 1.54) is 25.7 Å². The van der Waals surface area contributed by atoms with Crippen molar-refractivity contribution in [1.29, 1.82) is 0 Å². The highest BCUT2D eigenvalue weighted by molar-refractivity contribution is 8.00. The van der Waals surface area contributed by atoms with Crippen molar-refractivity contribution in [3.8, 4) is 0 Å². The van der Waals surface area contributed by atoms with E-state index in [1.54, 1.807) is 25.2 Å². The van der Waals surface area contributed by atoms with E-state index < -0.39 is 10.0 Å². The molecule has 1 aromatic carbocycles. The SMILES string of the molecule is CN=C(NCc1cccc(S(=O)(=O)NCCOC)c1)NCC1(C)CCCS1. The summed E-state index contributed by atoms with van der Waals surface area (Å²) in [6, 6.07) is 6.89. The third kappa shape index (κ3) is 6.99. The van der Waals surface area contributed by atoms with Crippen molar-refractivity contribution in [2.24, 2.45) is 4.99 Å². The molecule has 1 heterocycles. The van der Waals surface area contributed by atoms with Crippen LogP contribution in [0, 0.1) is 0 Å². The fraction of sp³-hybridized carbons (Fsp3) is 0.611. The van der Waals surface area contributed by atoms with Crippen LogP contribution in [0.25, 0.3) is 0 Å². The van der Waals surface area contributed by atoms with Crippen LogP contribution >= 0.6 is 11.8 Å². The third-order valence-corrected chi connectivity index (χ3v) is 7.42. The molecule has 1 aliphatic rings. The minimum Gasteiger partial charge on any atom is -0.383 e. The molecule has 0 aromatic heterocycles. The molecule has 0 saturated carbocycles. The Morgan fingerprint density at radius 2 is 2.19 bits per heavy atom. The van der Waals surface area contributed by atoms with Gasteiger partial charge in [0.2, 0.25) is 10.0 Å². The number of sulfonamides is 1. The first kappa shape index (κ1) is 22.0. The van der Waals surface area contributed by atoms with E-state index in [1.807, 2.05) is 17.8 Å². The van der Waals surface area contributed by atoms with E-state index in [-0.39, 0.29) is 16.2 Å². The second kappa shape index (κ2) is 10.3. The Kier molecular flexibility index (Phi) is 8.40. The van der Waals surface area contributed by atoms with Crippen molar-refractivity contribution in [2.75, 3.05) is 39.6 Å². The van der Waals surface area contributed by atoms with E-state index in [0.29, 0.717) is 13.2 Å². The van der Waals surface area contributed by atoms with Gasteiger partial charge in [-0.25, -0.2) is 13.1 Å². The van der Waals surface area contributed by atoms with Crippen molar-refractivity contribution in [3.63, 3.8) is 0 Å². The van der Waals surface area contributed by atoms with Crippen LogP contribution < -0.4 is 15.4 Å². The second-order valence-corrected chi connectivity index (χ2v) is 10.2. The molecular formula is C18H30N4O3S2. The molecule has 1 atom stereocenters. The lowest BCUT2D eigenvalue weighted by atomic mass is 10.1. The minimum atomic E-state index is -3.53. The van der Waals surface area contributed by atoms with Gasteiger partial charge in [0.05, 0.1) is 11.5 Å². The normalized spacial score (nSPS) is 20.6. The summed E-state index contributed by atoms with van der Waals surface area (Å²) in [6.07, 6.45) is 2.46. The molecule has 1 aromatic rings. The lowest BCUT2D eigenvalue weighted by Crippen LogP contribution is -2.43. The number of thioether (sulfide) groups is 1. The highest BCUT2D eigenvalue weighted by Crippen LogP contribution is 2.36. The van der Waals surface area contributed by atoms with Crippen LogP contribution in [-0.2, 0) is 21.3 Å². The van der Waals surface area contributed by atoms with E-state index in [9.17, 15) is 8.42 Å². The minimum absolute atomic E-state index is 0.245. The molecule has 152 valence electrons. The van der Waals surface area contributed by atoms with Gasteiger partial charge in [0, 0.05) is 38.5 Å². The van der Waals surface area contributed by atoms with Gasteiger partial charge in [0.25, 0.3) is 0 Å². The van der Waals surface area contributed by atoms with E-state index >= 15 is 0 Å². The highest BCUT2D eigenvalue weighted by Gasteiger charge is 2.29. The molecule has 1 fully saturated rings. The number of methoxy groups -OCH3 is 1. The van der Waals surface area contributed by atoms with Crippen LogP contribution in [0.1, 0.15) is 25.3 Å². The second-order valence-electron chi connectivity index (χ2n) is 6.72. The summed E-state index contributed by atoms with van der Waals surface area (Å²) in [7, 11) is -0.264. The number of nitrogens with zero attached hydrogens (tertiary/aromatic N) is 1. The zero-order valence-corrected chi connectivity index (χ0v) is 17.9. The Labute approximate surface area is 166 Å². The van der Waals surface area contributed by atoms with Gasteiger partial charge in [0.15, 0.2) is 5.96 Å². The first-order valence-electron chi connectivity index (χ1n) is 9.04. The Morgan fingerprint density at radius 3 is 2.85 bits per heavy atom. The Hall–Kier alpha value is -1.29. The molecule has 27 heavy (non-hydrogen) atoms. The molecule has 1 unspecified atom stereocenters. The molecule has 0 aliphatic carbocycles. The van der Waals surface area contributed by atoms with Gasteiger partial charge in [-0.15, -0.1) is 0 Å². The molecule has 3 N–H and O–H groups in total. The van der Waals surface area contributed by atoms with Gasteiger partial charge in [-0.1, -0.05) is 12.1 Å². The summed E-state index contributed by atoms with van der Waals surface area (Å²) in [5.74, 6) is 1.93. The van der Waals surface area contributed by atoms with Crippen LogP contribution in [0.5, 0.6) is 0 Å². The summed E-state index contributed by atoms with van der Waals surface area (Å²) in [4.78, 5) is 4.50. The van der Waals surface area contributed by atoms with Crippen LogP contribution in [0.3, 0.4) is 0 Å². The lowest BCUT2D eigenvalue weighted by Gasteiger charge is -2.24. The number of aliphatic imine (C=N–C) groups is 1. The molecule has 7 nitrogen and oxygen atoms in total. The predicted molar refractivity (Wildman–Crippen MR) is 112 cm³/mol. The molecule has 0 radical (unpaired) electrons. The highest BCUT2D eigenvalue weighted by atomic mass is 32.2. The molecular weight excluding hydrogens is 384 g/mol. The van der Waals surface area contributed by atoms with Crippen molar-refractivity contribution >= 4 is 27.7 Å². The van der Waals surface area contributed by atoms with E-state index in [4.69, 9.17) is 4.74 Å². The van der Waals surface area contributed by atoms with Gasteiger partial charge in [-0.2, -0.15) is 11.8 Å². The summed E-state index contributed by atoms with van der Waals surface area (Å²) in [5.41, 5.74) is 0.869. The smallest absolute Gasteiger partial charge is 0.240 e. The Morgan fingerprint density at radius 1 is 1.37 bits per heavy atom. The number of rotatable bonds is 9. The molecule has 1 aliphatic heterocycles. The lowest BCUT2D eigenvalue weighted by molar-refractivity contribution is 0.204. The Bertz CT molecular complexity index is 732. The first-order valence-corrected chi connectivity index (χ1v) is 11.5. The maximum absolute atomic E-state index is 12.3. The van der Waals surface area contributed by atoms with Crippen molar-refractivity contribution < 1.29 is 13.2 Å². The van der Waals surface area contributed by atoms with Crippen molar-refractivity contribution in [3.05, 3.63) is 29.8 Å². The summed E-state index contributed by atoms with van der Waals surface area (Å²) < 4.78 is 32.3. The van der Waals surface area contributed by atoms with Gasteiger partial charge in [-0.3, -0.25) is 4.99 Å². The van der Waals surface area contributed by atoms with Crippen molar-refractivity contribution in [1.82, 2.24) is 15.4 Å². The quantitative estimate of drug-likeness (QED) is 0.323. The summed E-state index contributed by atoms with van der Waals surface area (Å²) in [6.45, 7) is 4.20. The number of benzene rings is 1. The van der Waals surface area contributed by atoms with Crippen LogP contribution in [0.15, 0.2) is 34.2 Å². The van der Waals surface area contributed by atoms with Gasteiger partial charge < -0.3 is 15.4 Å². The maximum atomic E-state index is 12.3. The topological polar surface area (TPSA) is 91.8 Å². The van der Waals surface area contributed by atoms with Gasteiger partial charge in [-0.05, 0) is 43.2 Å². The first-order chi connectivity index (χ1) is 12.9. The fourth-order valence-corrected chi connectivity index (χ4v) is 5.16. The van der Waals surface area contributed by atoms with Crippen molar-refractivity contribution in [2.45, 2.75) is 36.0 Å². The van der Waals surface area contributed by atoms with Gasteiger partial charge >= 0.3 is 0 Å². The zero-order valence-electron chi connectivity index (χ0n) is 16.2. The van der Waals surface area contributed by atoms with Gasteiger partial charge in [0.1, 0.15) is 0 Å². The molecule has 2 rings (SSSR count). The number of hydrogen-bond donors (Lipinski definition) is 3. The summed E-state index contributed by atoms with van der Waals surface area (Å²) >= 11 is 2.00. The van der Waals surface area contributed by atoms with E-state index in [0.717, 1.165) is 18.1 Å². The number of guanidine groups is 1.